The number of phenolic OH excluding ortho intramolecular Hbond substituents is 1. The van der Waals surface area contributed by atoms with Crippen molar-refractivity contribution in [2.24, 2.45) is 5.92 Å². The van der Waals surface area contributed by atoms with Crippen molar-refractivity contribution in [1.82, 2.24) is 0 Å². The van der Waals surface area contributed by atoms with Gasteiger partial charge in [-0.25, -0.2) is 0 Å². The quantitative estimate of drug-likeness (QED) is 0.759. The van der Waals surface area contributed by atoms with Gasteiger partial charge in [-0.2, -0.15) is 8.78 Å². The third kappa shape index (κ3) is 1.66. The van der Waals surface area contributed by atoms with Crippen LogP contribution in [0.2, 0.25) is 0 Å². The van der Waals surface area contributed by atoms with Crippen molar-refractivity contribution in [2.75, 3.05) is 0 Å². The monoisotopic (exact) mass is 254 g/mol. The Morgan fingerprint density at radius 1 is 1.28 bits per heavy atom. The van der Waals surface area contributed by atoms with E-state index in [-0.39, 0.29) is 17.4 Å². The zero-order valence-electron chi connectivity index (χ0n) is 10.2. The number of aromatic hydroxyl groups is 1. The van der Waals surface area contributed by atoms with Crippen LogP contribution in [0, 0.1) is 12.8 Å². The van der Waals surface area contributed by atoms with Crippen molar-refractivity contribution >= 4 is 0 Å². The number of rotatable bonds is 0. The average molecular weight is 254 g/mol. The second-order valence-electron chi connectivity index (χ2n) is 5.36. The second kappa shape index (κ2) is 3.84. The molecule has 1 aliphatic carbocycles. The molecule has 0 amide bonds. The lowest BCUT2D eigenvalue weighted by Crippen LogP contribution is -2.43. The fourth-order valence-electron chi connectivity index (χ4n) is 3.30. The van der Waals surface area contributed by atoms with Crippen molar-refractivity contribution in [2.45, 2.75) is 44.6 Å². The van der Waals surface area contributed by atoms with E-state index in [1.165, 1.54) is 0 Å². The molecule has 1 N–H and O–H groups in total. The first-order chi connectivity index (χ1) is 8.49. The largest absolute Gasteiger partial charge is 0.508 e. The Bertz CT molecular complexity index is 485. The first-order valence-electron chi connectivity index (χ1n) is 6.39. The molecule has 0 spiro atoms. The van der Waals surface area contributed by atoms with Crippen molar-refractivity contribution in [3.8, 4) is 11.5 Å². The number of aryl methyl sites for hydroxylation is 1. The van der Waals surface area contributed by atoms with E-state index >= 15 is 0 Å². The summed E-state index contributed by atoms with van der Waals surface area (Å²) in [6.45, 7) is 1.76. The van der Waals surface area contributed by atoms with Gasteiger partial charge in [0.1, 0.15) is 11.5 Å². The number of alkyl halides is 2. The first kappa shape index (κ1) is 11.8. The van der Waals surface area contributed by atoms with Crippen molar-refractivity contribution in [3.63, 3.8) is 0 Å². The molecule has 18 heavy (non-hydrogen) atoms. The molecule has 1 fully saturated rings. The van der Waals surface area contributed by atoms with Gasteiger partial charge in [-0.15, -0.1) is 0 Å². The Hall–Kier alpha value is -1.32. The highest BCUT2D eigenvalue weighted by molar-refractivity contribution is 5.51. The van der Waals surface area contributed by atoms with Gasteiger partial charge in [0.15, 0.2) is 0 Å². The van der Waals surface area contributed by atoms with Gasteiger partial charge in [-0.05, 0) is 37.5 Å². The molecular weight excluding hydrogens is 238 g/mol. The van der Waals surface area contributed by atoms with E-state index in [1.807, 2.05) is 0 Å². The molecule has 1 saturated carbocycles. The molecular formula is C14H16F2O2. The standard InChI is InChI=1S/C14H16F2O2/c1-8-6-11(17)13-9-4-2-3-5-10(9)14(15,16)18-12(13)7-8/h6-7,9-10,17H,2-5H2,1H3/t9-,10+/m0/s1. The third-order valence-corrected chi connectivity index (χ3v) is 4.08. The van der Waals surface area contributed by atoms with Crippen LogP contribution in [0.15, 0.2) is 12.1 Å². The molecule has 3 rings (SSSR count). The van der Waals surface area contributed by atoms with Gasteiger partial charge in [-0.3, -0.25) is 0 Å². The van der Waals surface area contributed by atoms with Crippen molar-refractivity contribution < 1.29 is 18.6 Å². The highest BCUT2D eigenvalue weighted by Gasteiger charge is 2.52. The molecule has 1 aromatic rings. The van der Waals surface area contributed by atoms with Crippen LogP contribution in [0.3, 0.4) is 0 Å². The van der Waals surface area contributed by atoms with E-state index in [4.69, 9.17) is 4.74 Å². The molecule has 1 aromatic carbocycles. The van der Waals surface area contributed by atoms with Crippen molar-refractivity contribution in [1.29, 1.82) is 0 Å². The molecule has 98 valence electrons. The number of fused-ring (bicyclic) bond motifs is 3. The fraction of sp³-hybridized carbons (Fsp3) is 0.571. The van der Waals surface area contributed by atoms with Crippen LogP contribution in [0.4, 0.5) is 8.78 Å². The Kier molecular flexibility index (Phi) is 2.50. The number of phenols is 1. The van der Waals surface area contributed by atoms with Crippen molar-refractivity contribution in [3.05, 3.63) is 23.3 Å². The number of hydrogen-bond acceptors (Lipinski definition) is 2. The molecule has 2 aliphatic rings. The first-order valence-corrected chi connectivity index (χ1v) is 6.39. The second-order valence-corrected chi connectivity index (χ2v) is 5.36. The number of ether oxygens (including phenoxy) is 1. The highest BCUT2D eigenvalue weighted by atomic mass is 19.3. The molecule has 1 aliphatic heterocycles. The topological polar surface area (TPSA) is 29.5 Å². The van der Waals surface area contributed by atoms with E-state index in [9.17, 15) is 13.9 Å². The molecule has 0 aromatic heterocycles. The van der Waals surface area contributed by atoms with Crippen LogP contribution in [0.5, 0.6) is 11.5 Å². The summed E-state index contributed by atoms with van der Waals surface area (Å²) in [5.41, 5.74) is 1.31. The van der Waals surface area contributed by atoms with Gasteiger partial charge in [0, 0.05) is 11.5 Å². The van der Waals surface area contributed by atoms with Crippen LogP contribution in [-0.2, 0) is 0 Å². The van der Waals surface area contributed by atoms with E-state index in [2.05, 4.69) is 0 Å². The number of hydrogen-bond donors (Lipinski definition) is 1. The molecule has 2 atom stereocenters. The molecule has 2 nitrogen and oxygen atoms in total. The van der Waals surface area contributed by atoms with Crippen LogP contribution in [-0.4, -0.2) is 11.2 Å². The van der Waals surface area contributed by atoms with Gasteiger partial charge in [0.05, 0.1) is 5.92 Å². The lowest BCUT2D eigenvalue weighted by molar-refractivity contribution is -0.235. The third-order valence-electron chi connectivity index (χ3n) is 4.08. The Morgan fingerprint density at radius 2 is 2.00 bits per heavy atom. The van der Waals surface area contributed by atoms with E-state index in [0.29, 0.717) is 18.4 Å². The van der Waals surface area contributed by atoms with Crippen LogP contribution >= 0.6 is 0 Å². The minimum absolute atomic E-state index is 0.0948. The average Bonchev–Trinajstić information content (AvgIpc) is 2.27. The molecule has 0 unspecified atom stereocenters. The number of halogens is 2. The molecule has 1 heterocycles. The maximum absolute atomic E-state index is 14.0. The van der Waals surface area contributed by atoms with Gasteiger partial charge in [-0.1, -0.05) is 12.8 Å². The maximum atomic E-state index is 14.0. The van der Waals surface area contributed by atoms with Crippen LogP contribution in [0.25, 0.3) is 0 Å². The van der Waals surface area contributed by atoms with Gasteiger partial charge in [0.2, 0.25) is 0 Å². The summed E-state index contributed by atoms with van der Waals surface area (Å²) in [4.78, 5) is 0. The SMILES string of the molecule is Cc1cc(O)c2c(c1)OC(F)(F)[C@@H]1CCCC[C@H]21. The summed E-state index contributed by atoms with van der Waals surface area (Å²) in [6, 6.07) is 3.21. The molecule has 0 radical (unpaired) electrons. The van der Waals surface area contributed by atoms with E-state index in [0.717, 1.165) is 18.4 Å². The Balaban J connectivity index is 2.14. The predicted octanol–water partition coefficient (Wildman–Crippen LogP) is 3.96. The maximum Gasteiger partial charge on any atom is 0.401 e. The highest BCUT2D eigenvalue weighted by Crippen LogP contribution is 2.55. The summed E-state index contributed by atoms with van der Waals surface area (Å²) >= 11 is 0. The fourth-order valence-corrected chi connectivity index (χ4v) is 3.30. The Morgan fingerprint density at radius 3 is 2.78 bits per heavy atom. The summed E-state index contributed by atoms with van der Waals surface area (Å²) in [5, 5.41) is 10.0. The van der Waals surface area contributed by atoms with E-state index < -0.39 is 12.0 Å². The summed E-state index contributed by atoms with van der Waals surface area (Å²) < 4.78 is 32.8. The normalized spacial score (nSPS) is 29.1. The summed E-state index contributed by atoms with van der Waals surface area (Å²) in [7, 11) is 0. The van der Waals surface area contributed by atoms with E-state index in [1.54, 1.807) is 19.1 Å². The number of benzene rings is 1. The molecule has 4 heteroatoms. The smallest absolute Gasteiger partial charge is 0.401 e. The summed E-state index contributed by atoms with van der Waals surface area (Å²) in [6.07, 6.45) is -0.206. The zero-order chi connectivity index (χ0) is 12.9. The minimum atomic E-state index is -3.11. The summed E-state index contributed by atoms with van der Waals surface area (Å²) in [5.74, 6) is -0.830. The zero-order valence-corrected chi connectivity index (χ0v) is 10.2. The molecule has 0 saturated heterocycles. The van der Waals surface area contributed by atoms with Gasteiger partial charge < -0.3 is 9.84 Å². The Labute approximate surface area is 105 Å². The minimum Gasteiger partial charge on any atom is -0.508 e. The lowest BCUT2D eigenvalue weighted by atomic mass is 9.72. The predicted molar refractivity (Wildman–Crippen MR) is 63.1 cm³/mol. The van der Waals surface area contributed by atoms with Gasteiger partial charge in [0.25, 0.3) is 0 Å². The van der Waals surface area contributed by atoms with Crippen LogP contribution < -0.4 is 4.74 Å². The lowest BCUT2D eigenvalue weighted by Gasteiger charge is -2.41. The molecule has 0 bridgehead atoms. The van der Waals surface area contributed by atoms with Crippen LogP contribution in [0.1, 0.15) is 42.7 Å². The van der Waals surface area contributed by atoms with Gasteiger partial charge >= 0.3 is 6.11 Å².